The van der Waals surface area contributed by atoms with Crippen molar-refractivity contribution in [3.63, 3.8) is 0 Å². The van der Waals surface area contributed by atoms with E-state index in [-0.39, 0.29) is 29.7 Å². The molecule has 10 heteroatoms. The Hall–Kier alpha value is -2.72. The molecule has 0 atom stereocenters. The van der Waals surface area contributed by atoms with Gasteiger partial charge in [0, 0.05) is 25.2 Å². The maximum atomic E-state index is 12.9. The molecule has 0 bridgehead atoms. The van der Waals surface area contributed by atoms with Crippen molar-refractivity contribution in [3.8, 4) is 0 Å². The van der Waals surface area contributed by atoms with Crippen LogP contribution in [0.15, 0.2) is 39.8 Å². The maximum Gasteiger partial charge on any atom is 0.243 e. The second-order valence-corrected chi connectivity index (χ2v) is 7.85. The first-order valence-corrected chi connectivity index (χ1v) is 9.77. The molecule has 2 amide bonds. The minimum Gasteiger partial charge on any atom is -0.360 e. The highest BCUT2D eigenvalue weighted by Gasteiger charge is 2.26. The van der Waals surface area contributed by atoms with Crippen LogP contribution in [0, 0.1) is 6.92 Å². The van der Waals surface area contributed by atoms with Crippen molar-refractivity contribution in [1.82, 2.24) is 9.46 Å². The lowest BCUT2D eigenvalue weighted by atomic mass is 10.3. The molecule has 1 aromatic heterocycles. The maximum absolute atomic E-state index is 12.9. The largest absolute Gasteiger partial charge is 0.360 e. The van der Waals surface area contributed by atoms with E-state index >= 15 is 0 Å². The number of benzene rings is 1. The molecule has 2 N–H and O–H groups in total. The van der Waals surface area contributed by atoms with Crippen LogP contribution in [0.5, 0.6) is 0 Å². The third-order valence-electron chi connectivity index (χ3n) is 3.50. The SMILES string of the molecule is CCCN(CC(=O)Nc1cc(C)on1)S(=O)(=O)c1ccc(NC(C)=O)cc1. The number of aryl methyl sites for hydroxylation is 1. The molecular formula is C17H22N4O5S. The summed E-state index contributed by atoms with van der Waals surface area (Å²) in [5.74, 6) is -0.0122. The van der Waals surface area contributed by atoms with Gasteiger partial charge in [0.2, 0.25) is 21.8 Å². The number of nitrogens with zero attached hydrogens (tertiary/aromatic N) is 2. The average molecular weight is 394 g/mol. The second-order valence-electron chi connectivity index (χ2n) is 5.92. The highest BCUT2D eigenvalue weighted by molar-refractivity contribution is 7.89. The summed E-state index contributed by atoms with van der Waals surface area (Å²) >= 11 is 0. The highest BCUT2D eigenvalue weighted by atomic mass is 32.2. The number of rotatable bonds is 8. The van der Waals surface area contributed by atoms with Gasteiger partial charge < -0.3 is 15.2 Å². The highest BCUT2D eigenvalue weighted by Crippen LogP contribution is 2.19. The third-order valence-corrected chi connectivity index (χ3v) is 5.36. The van der Waals surface area contributed by atoms with E-state index in [2.05, 4.69) is 15.8 Å². The topological polar surface area (TPSA) is 122 Å². The number of carbonyl (C=O) groups is 2. The number of aromatic nitrogens is 1. The monoisotopic (exact) mass is 394 g/mol. The summed E-state index contributed by atoms with van der Waals surface area (Å²) in [6.45, 7) is 4.70. The number of hydrogen-bond acceptors (Lipinski definition) is 6. The summed E-state index contributed by atoms with van der Waals surface area (Å²) in [5, 5.41) is 8.73. The van der Waals surface area contributed by atoms with Crippen LogP contribution in [-0.2, 0) is 19.6 Å². The molecule has 2 rings (SSSR count). The summed E-state index contributed by atoms with van der Waals surface area (Å²) in [6, 6.07) is 7.31. The first-order valence-electron chi connectivity index (χ1n) is 8.33. The van der Waals surface area contributed by atoms with Gasteiger partial charge in [0.05, 0.1) is 11.4 Å². The molecule has 0 aliphatic heterocycles. The van der Waals surface area contributed by atoms with Gasteiger partial charge in [0.15, 0.2) is 5.82 Å². The Bertz CT molecular complexity index is 906. The van der Waals surface area contributed by atoms with Crippen molar-refractivity contribution in [1.29, 1.82) is 0 Å². The number of carbonyl (C=O) groups excluding carboxylic acids is 2. The number of sulfonamides is 1. The van der Waals surface area contributed by atoms with Gasteiger partial charge in [-0.3, -0.25) is 9.59 Å². The van der Waals surface area contributed by atoms with Gasteiger partial charge in [-0.05, 0) is 37.6 Å². The molecule has 0 saturated carbocycles. The smallest absolute Gasteiger partial charge is 0.243 e. The summed E-state index contributed by atoms with van der Waals surface area (Å²) in [6.07, 6.45) is 0.541. The molecule has 0 unspecified atom stereocenters. The van der Waals surface area contributed by atoms with Gasteiger partial charge >= 0.3 is 0 Å². The molecule has 2 aromatic rings. The quantitative estimate of drug-likeness (QED) is 0.706. The molecule has 146 valence electrons. The number of hydrogen-bond donors (Lipinski definition) is 2. The van der Waals surface area contributed by atoms with Crippen LogP contribution in [0.3, 0.4) is 0 Å². The Balaban J connectivity index is 2.15. The molecule has 0 radical (unpaired) electrons. The van der Waals surface area contributed by atoms with E-state index in [4.69, 9.17) is 4.52 Å². The minimum atomic E-state index is -3.87. The molecule has 0 saturated heterocycles. The molecule has 0 aliphatic carbocycles. The molecule has 27 heavy (non-hydrogen) atoms. The fraction of sp³-hybridized carbons (Fsp3) is 0.353. The fourth-order valence-corrected chi connectivity index (χ4v) is 3.85. The molecule has 0 fully saturated rings. The Labute approximate surface area is 157 Å². The zero-order valence-electron chi connectivity index (χ0n) is 15.4. The van der Waals surface area contributed by atoms with Crippen LogP contribution in [0.25, 0.3) is 0 Å². The van der Waals surface area contributed by atoms with Crippen LogP contribution < -0.4 is 10.6 Å². The van der Waals surface area contributed by atoms with Gasteiger partial charge in [0.25, 0.3) is 0 Å². The van der Waals surface area contributed by atoms with Crippen LogP contribution in [0.1, 0.15) is 26.0 Å². The zero-order valence-corrected chi connectivity index (χ0v) is 16.2. The van der Waals surface area contributed by atoms with Crippen LogP contribution in [0.4, 0.5) is 11.5 Å². The van der Waals surface area contributed by atoms with E-state index in [0.29, 0.717) is 17.9 Å². The lowest BCUT2D eigenvalue weighted by molar-refractivity contribution is -0.116. The van der Waals surface area contributed by atoms with E-state index in [1.807, 2.05) is 6.92 Å². The lowest BCUT2D eigenvalue weighted by Gasteiger charge is -2.21. The van der Waals surface area contributed by atoms with Crippen molar-refractivity contribution in [2.75, 3.05) is 23.7 Å². The van der Waals surface area contributed by atoms with Crippen molar-refractivity contribution >= 4 is 33.3 Å². The number of anilines is 2. The number of amides is 2. The molecule has 1 aromatic carbocycles. The lowest BCUT2D eigenvalue weighted by Crippen LogP contribution is -2.38. The molecular weight excluding hydrogens is 372 g/mol. The van der Waals surface area contributed by atoms with Crippen LogP contribution in [0.2, 0.25) is 0 Å². The van der Waals surface area contributed by atoms with E-state index in [9.17, 15) is 18.0 Å². The molecule has 0 aliphatic rings. The summed E-state index contributed by atoms with van der Waals surface area (Å²) < 4.78 is 31.7. The van der Waals surface area contributed by atoms with Crippen LogP contribution >= 0.6 is 0 Å². The van der Waals surface area contributed by atoms with Crippen molar-refractivity contribution < 1.29 is 22.5 Å². The standard InChI is InChI=1S/C17H22N4O5S/c1-4-9-21(11-17(23)19-16-10-12(2)26-20-16)27(24,25)15-7-5-14(6-8-15)18-13(3)22/h5-8,10H,4,9,11H2,1-3H3,(H,18,22)(H,19,20,23). The van der Waals surface area contributed by atoms with E-state index in [0.717, 1.165) is 4.31 Å². The predicted molar refractivity (Wildman–Crippen MR) is 99.7 cm³/mol. The van der Waals surface area contributed by atoms with Crippen molar-refractivity contribution in [2.45, 2.75) is 32.1 Å². The van der Waals surface area contributed by atoms with Gasteiger partial charge in [-0.25, -0.2) is 8.42 Å². The van der Waals surface area contributed by atoms with E-state index in [1.54, 1.807) is 6.92 Å². The van der Waals surface area contributed by atoms with Crippen molar-refractivity contribution in [3.05, 3.63) is 36.1 Å². The third kappa shape index (κ3) is 5.63. The van der Waals surface area contributed by atoms with Gasteiger partial charge in [-0.1, -0.05) is 12.1 Å². The summed E-state index contributed by atoms with van der Waals surface area (Å²) in [7, 11) is -3.87. The van der Waals surface area contributed by atoms with E-state index < -0.39 is 15.9 Å². The second kappa shape index (κ2) is 8.78. The first-order chi connectivity index (χ1) is 12.7. The Kier molecular flexibility index (Phi) is 6.70. The minimum absolute atomic E-state index is 0.0372. The normalized spacial score (nSPS) is 11.4. The zero-order chi connectivity index (χ0) is 20.0. The van der Waals surface area contributed by atoms with Crippen molar-refractivity contribution in [2.24, 2.45) is 0 Å². The van der Waals surface area contributed by atoms with Gasteiger partial charge in [-0.2, -0.15) is 4.31 Å². The van der Waals surface area contributed by atoms with Gasteiger partial charge in [-0.15, -0.1) is 0 Å². The van der Waals surface area contributed by atoms with Crippen LogP contribution in [-0.4, -0.2) is 42.8 Å². The average Bonchev–Trinajstić information content (AvgIpc) is 2.99. The summed E-state index contributed by atoms with van der Waals surface area (Å²) in [4.78, 5) is 23.3. The summed E-state index contributed by atoms with van der Waals surface area (Å²) in [5.41, 5.74) is 0.489. The Morgan fingerprint density at radius 1 is 1.19 bits per heavy atom. The predicted octanol–water partition coefficient (Wildman–Crippen LogP) is 1.98. The molecule has 0 spiro atoms. The van der Waals surface area contributed by atoms with E-state index in [1.165, 1.54) is 37.3 Å². The Morgan fingerprint density at radius 2 is 1.85 bits per heavy atom. The first kappa shape index (κ1) is 20.6. The number of nitrogens with one attached hydrogen (secondary N) is 2. The Morgan fingerprint density at radius 3 is 2.37 bits per heavy atom. The van der Waals surface area contributed by atoms with Gasteiger partial charge in [0.1, 0.15) is 5.76 Å². The fourth-order valence-electron chi connectivity index (χ4n) is 2.36. The molecule has 9 nitrogen and oxygen atoms in total. The molecule has 1 heterocycles.